The predicted molar refractivity (Wildman–Crippen MR) is 89.3 cm³/mol. The molecule has 0 spiro atoms. The van der Waals surface area contributed by atoms with E-state index in [1.165, 1.54) is 25.1 Å². The molecule has 1 atom stereocenters. The molecular formula is C17H27N5O. The van der Waals surface area contributed by atoms with Crippen LogP contribution in [0.5, 0.6) is 0 Å². The lowest BCUT2D eigenvalue weighted by atomic mass is 9.95. The molecule has 0 aliphatic carbocycles. The van der Waals surface area contributed by atoms with Crippen molar-refractivity contribution in [2.24, 2.45) is 0 Å². The van der Waals surface area contributed by atoms with Crippen molar-refractivity contribution in [1.29, 1.82) is 0 Å². The summed E-state index contributed by atoms with van der Waals surface area (Å²) in [4.78, 5) is 6.83. The highest BCUT2D eigenvalue weighted by Gasteiger charge is 2.22. The maximum absolute atomic E-state index is 9.00. The second kappa shape index (κ2) is 7.75. The van der Waals surface area contributed by atoms with Crippen LogP contribution in [-0.2, 0) is 13.1 Å². The largest absolute Gasteiger partial charge is 0.394 e. The van der Waals surface area contributed by atoms with Crippen LogP contribution >= 0.6 is 0 Å². The molecule has 1 saturated heterocycles. The first kappa shape index (κ1) is 16.2. The van der Waals surface area contributed by atoms with Gasteiger partial charge in [0.1, 0.15) is 5.82 Å². The molecule has 0 bridgehead atoms. The molecule has 3 heterocycles. The predicted octanol–water partition coefficient (Wildman–Crippen LogP) is 1.65. The van der Waals surface area contributed by atoms with Crippen molar-refractivity contribution < 1.29 is 5.11 Å². The summed E-state index contributed by atoms with van der Waals surface area (Å²) < 4.78 is 4.06. The molecule has 0 saturated carbocycles. The van der Waals surface area contributed by atoms with E-state index in [9.17, 15) is 0 Å². The van der Waals surface area contributed by atoms with Crippen molar-refractivity contribution in [2.45, 2.75) is 45.2 Å². The van der Waals surface area contributed by atoms with Crippen LogP contribution in [0.25, 0.3) is 0 Å². The molecule has 0 amide bonds. The molecule has 23 heavy (non-hydrogen) atoms. The highest BCUT2D eigenvalue weighted by molar-refractivity contribution is 5.08. The lowest BCUT2D eigenvalue weighted by molar-refractivity contribution is 0.200. The van der Waals surface area contributed by atoms with Gasteiger partial charge in [0, 0.05) is 37.6 Å². The monoisotopic (exact) mass is 317 g/mol. The summed E-state index contributed by atoms with van der Waals surface area (Å²) >= 11 is 0. The molecule has 0 radical (unpaired) electrons. The summed E-state index contributed by atoms with van der Waals surface area (Å²) in [5.41, 5.74) is 1.17. The minimum Gasteiger partial charge on any atom is -0.394 e. The Hall–Kier alpha value is -1.66. The summed E-state index contributed by atoms with van der Waals surface area (Å²) in [5.74, 6) is 1.62. The number of rotatable bonds is 7. The van der Waals surface area contributed by atoms with E-state index in [4.69, 9.17) is 5.11 Å². The molecule has 2 aromatic heterocycles. The van der Waals surface area contributed by atoms with Gasteiger partial charge in [0.05, 0.1) is 18.8 Å². The average Bonchev–Trinajstić information content (AvgIpc) is 3.18. The zero-order valence-electron chi connectivity index (χ0n) is 13.9. The summed E-state index contributed by atoms with van der Waals surface area (Å²) in [6.07, 6.45) is 9.52. The van der Waals surface area contributed by atoms with Crippen LogP contribution in [0.15, 0.2) is 24.7 Å². The van der Waals surface area contributed by atoms with Crippen molar-refractivity contribution in [2.75, 3.05) is 26.2 Å². The number of aliphatic hydroxyl groups excluding tert-OH is 1. The van der Waals surface area contributed by atoms with Crippen LogP contribution in [0, 0.1) is 6.92 Å². The van der Waals surface area contributed by atoms with Crippen molar-refractivity contribution in [3.63, 3.8) is 0 Å². The second-order valence-corrected chi connectivity index (χ2v) is 6.39. The number of piperidine rings is 1. The van der Waals surface area contributed by atoms with E-state index in [2.05, 4.69) is 38.7 Å². The molecule has 2 aromatic rings. The third kappa shape index (κ3) is 4.20. The Morgan fingerprint density at radius 2 is 2.17 bits per heavy atom. The standard InChI is InChI=1S/C17H27N5O/c1-15-18-6-11-21(15)9-3-8-20-7-2-4-16(14-20)17-5-10-22(19-17)12-13-23/h5-6,10-11,16,23H,2-4,7-9,12-14H2,1H3/t16-/m0/s1. The number of hydrogen-bond acceptors (Lipinski definition) is 4. The van der Waals surface area contributed by atoms with E-state index < -0.39 is 0 Å². The molecule has 126 valence electrons. The smallest absolute Gasteiger partial charge is 0.105 e. The van der Waals surface area contributed by atoms with Crippen LogP contribution in [0.3, 0.4) is 0 Å². The van der Waals surface area contributed by atoms with Crippen LogP contribution < -0.4 is 0 Å². The zero-order valence-corrected chi connectivity index (χ0v) is 13.9. The highest BCUT2D eigenvalue weighted by atomic mass is 16.3. The molecular weight excluding hydrogens is 290 g/mol. The second-order valence-electron chi connectivity index (χ2n) is 6.39. The van der Waals surface area contributed by atoms with Crippen molar-refractivity contribution >= 4 is 0 Å². The lowest BCUT2D eigenvalue weighted by Gasteiger charge is -2.32. The molecule has 1 N–H and O–H groups in total. The number of likely N-dealkylation sites (tertiary alicyclic amines) is 1. The zero-order chi connectivity index (χ0) is 16.1. The highest BCUT2D eigenvalue weighted by Crippen LogP contribution is 2.25. The van der Waals surface area contributed by atoms with Crippen LogP contribution in [0.2, 0.25) is 0 Å². The van der Waals surface area contributed by atoms with Crippen molar-refractivity contribution in [3.8, 4) is 0 Å². The number of aliphatic hydroxyl groups is 1. The number of hydrogen-bond donors (Lipinski definition) is 1. The maximum atomic E-state index is 9.00. The first-order chi connectivity index (χ1) is 11.3. The van der Waals surface area contributed by atoms with Crippen molar-refractivity contribution in [3.05, 3.63) is 36.2 Å². The fourth-order valence-corrected chi connectivity index (χ4v) is 3.43. The Morgan fingerprint density at radius 3 is 2.96 bits per heavy atom. The van der Waals surface area contributed by atoms with E-state index in [1.54, 1.807) is 0 Å². The third-order valence-corrected chi connectivity index (χ3v) is 4.71. The van der Waals surface area contributed by atoms with Gasteiger partial charge in [-0.3, -0.25) is 4.68 Å². The Morgan fingerprint density at radius 1 is 1.26 bits per heavy atom. The van der Waals surface area contributed by atoms with Crippen LogP contribution in [-0.4, -0.2) is 55.6 Å². The van der Waals surface area contributed by atoms with Gasteiger partial charge in [-0.15, -0.1) is 0 Å². The van der Waals surface area contributed by atoms with E-state index in [0.29, 0.717) is 12.5 Å². The van der Waals surface area contributed by atoms with Crippen LogP contribution in [0.4, 0.5) is 0 Å². The summed E-state index contributed by atoms with van der Waals surface area (Å²) in [5, 5.41) is 13.6. The van der Waals surface area contributed by atoms with Gasteiger partial charge in [-0.25, -0.2) is 4.98 Å². The van der Waals surface area contributed by atoms with Crippen molar-refractivity contribution in [1.82, 2.24) is 24.2 Å². The fourth-order valence-electron chi connectivity index (χ4n) is 3.43. The minimum absolute atomic E-state index is 0.144. The van der Waals surface area contributed by atoms with Gasteiger partial charge >= 0.3 is 0 Å². The molecule has 0 aromatic carbocycles. The molecule has 0 unspecified atom stereocenters. The van der Waals surface area contributed by atoms with E-state index in [-0.39, 0.29) is 6.61 Å². The summed E-state index contributed by atoms with van der Waals surface area (Å²) in [7, 11) is 0. The Bertz CT molecular complexity index is 606. The molecule has 1 aliphatic rings. The first-order valence-corrected chi connectivity index (χ1v) is 8.60. The SMILES string of the molecule is Cc1nccn1CCCN1CCC[C@H](c2ccn(CCO)n2)C1. The van der Waals surface area contributed by atoms with Gasteiger partial charge in [-0.05, 0) is 45.3 Å². The van der Waals surface area contributed by atoms with Gasteiger partial charge in [0.2, 0.25) is 0 Å². The average molecular weight is 317 g/mol. The number of aromatic nitrogens is 4. The number of aryl methyl sites for hydroxylation is 2. The Kier molecular flexibility index (Phi) is 5.46. The lowest BCUT2D eigenvalue weighted by Crippen LogP contribution is -2.35. The minimum atomic E-state index is 0.144. The summed E-state index contributed by atoms with van der Waals surface area (Å²) in [6.45, 7) is 7.24. The van der Waals surface area contributed by atoms with Gasteiger partial charge in [0.25, 0.3) is 0 Å². The van der Waals surface area contributed by atoms with E-state index in [0.717, 1.165) is 31.9 Å². The van der Waals surface area contributed by atoms with Gasteiger partial charge < -0.3 is 14.6 Å². The Balaban J connectivity index is 1.48. The summed E-state index contributed by atoms with van der Waals surface area (Å²) in [6, 6.07) is 2.11. The molecule has 6 heteroatoms. The molecule has 3 rings (SSSR count). The van der Waals surface area contributed by atoms with Gasteiger partial charge in [-0.1, -0.05) is 0 Å². The molecule has 6 nitrogen and oxygen atoms in total. The third-order valence-electron chi connectivity index (χ3n) is 4.71. The quantitative estimate of drug-likeness (QED) is 0.843. The Labute approximate surface area is 137 Å². The normalized spacial score (nSPS) is 19.3. The van der Waals surface area contributed by atoms with E-state index in [1.807, 2.05) is 17.1 Å². The fraction of sp³-hybridized carbons (Fsp3) is 0.647. The maximum Gasteiger partial charge on any atom is 0.105 e. The van der Waals surface area contributed by atoms with Gasteiger partial charge in [-0.2, -0.15) is 5.10 Å². The van der Waals surface area contributed by atoms with E-state index >= 15 is 0 Å². The molecule has 1 aliphatic heterocycles. The first-order valence-electron chi connectivity index (χ1n) is 8.60. The van der Waals surface area contributed by atoms with Crippen LogP contribution in [0.1, 0.15) is 36.7 Å². The van der Waals surface area contributed by atoms with Gasteiger partial charge in [0.15, 0.2) is 0 Å². The number of imidazole rings is 1. The topological polar surface area (TPSA) is 59.1 Å². The molecule has 1 fully saturated rings. The number of nitrogens with zero attached hydrogens (tertiary/aromatic N) is 5.